The highest BCUT2D eigenvalue weighted by atomic mass is 16.5. The van der Waals surface area contributed by atoms with Crippen molar-refractivity contribution in [2.75, 3.05) is 18.0 Å². The number of morpholine rings is 1. The zero-order valence-corrected chi connectivity index (χ0v) is 12.7. The standard InChI is InChI=1S/C16H23N3O/c1-15(2)10-19(11-16(3,4)20-15)14-6-5-12(8-17)7-13(14)9-18/h5-7H,8,10-11,17H2,1-4H3. The average molecular weight is 273 g/mol. The Balaban J connectivity index is 2.38. The fraction of sp³-hybridized carbons (Fsp3) is 0.562. The van der Waals surface area contributed by atoms with Gasteiger partial charge in [-0.05, 0) is 45.4 Å². The minimum absolute atomic E-state index is 0.235. The lowest BCUT2D eigenvalue weighted by atomic mass is 9.97. The van der Waals surface area contributed by atoms with Crippen LogP contribution in [0.1, 0.15) is 38.8 Å². The maximum Gasteiger partial charge on any atom is 0.101 e. The summed E-state index contributed by atoms with van der Waals surface area (Å²) in [6, 6.07) is 8.15. The SMILES string of the molecule is CC1(C)CN(c2ccc(CN)cc2C#N)CC(C)(C)O1. The van der Waals surface area contributed by atoms with E-state index >= 15 is 0 Å². The van der Waals surface area contributed by atoms with E-state index in [4.69, 9.17) is 10.5 Å². The Bertz CT molecular complexity index is 527. The summed E-state index contributed by atoms with van der Waals surface area (Å²) >= 11 is 0. The number of hydrogen-bond acceptors (Lipinski definition) is 4. The first-order valence-corrected chi connectivity index (χ1v) is 6.94. The molecule has 1 aromatic carbocycles. The molecule has 1 saturated heterocycles. The van der Waals surface area contributed by atoms with E-state index in [1.165, 1.54) is 0 Å². The van der Waals surface area contributed by atoms with Crippen molar-refractivity contribution in [3.8, 4) is 6.07 Å². The Kier molecular flexibility index (Phi) is 3.77. The van der Waals surface area contributed by atoms with Crippen LogP contribution in [0.2, 0.25) is 0 Å². The Labute approximate surface area is 121 Å². The predicted molar refractivity (Wildman–Crippen MR) is 80.5 cm³/mol. The molecule has 0 aliphatic carbocycles. The Morgan fingerprint density at radius 2 is 1.85 bits per heavy atom. The lowest BCUT2D eigenvalue weighted by Gasteiger charge is -2.48. The molecule has 1 fully saturated rings. The zero-order valence-electron chi connectivity index (χ0n) is 12.7. The summed E-state index contributed by atoms with van der Waals surface area (Å²) in [7, 11) is 0. The van der Waals surface area contributed by atoms with Crippen molar-refractivity contribution in [3.63, 3.8) is 0 Å². The van der Waals surface area contributed by atoms with E-state index in [9.17, 15) is 5.26 Å². The second-order valence-corrected chi connectivity index (χ2v) is 6.64. The summed E-state index contributed by atoms with van der Waals surface area (Å²) in [5.41, 5.74) is 7.81. The first-order chi connectivity index (χ1) is 9.26. The van der Waals surface area contributed by atoms with Crippen LogP contribution in [0, 0.1) is 11.3 Å². The van der Waals surface area contributed by atoms with Gasteiger partial charge in [-0.2, -0.15) is 5.26 Å². The van der Waals surface area contributed by atoms with Crippen LogP contribution >= 0.6 is 0 Å². The van der Waals surface area contributed by atoms with Gasteiger partial charge in [0.05, 0.1) is 22.5 Å². The fourth-order valence-electron chi connectivity index (χ4n) is 3.03. The molecule has 4 nitrogen and oxygen atoms in total. The molecular weight excluding hydrogens is 250 g/mol. The molecular formula is C16H23N3O. The van der Waals surface area contributed by atoms with E-state index < -0.39 is 0 Å². The molecule has 0 unspecified atom stereocenters. The van der Waals surface area contributed by atoms with Gasteiger partial charge in [0, 0.05) is 19.6 Å². The molecule has 0 spiro atoms. The van der Waals surface area contributed by atoms with Crippen molar-refractivity contribution in [2.24, 2.45) is 5.73 Å². The zero-order chi connectivity index (χ0) is 15.0. The molecule has 1 heterocycles. The number of nitrogens with two attached hydrogens (primary N) is 1. The smallest absolute Gasteiger partial charge is 0.101 e. The van der Waals surface area contributed by atoms with Crippen LogP contribution in [0.15, 0.2) is 18.2 Å². The van der Waals surface area contributed by atoms with Crippen molar-refractivity contribution in [2.45, 2.75) is 45.4 Å². The van der Waals surface area contributed by atoms with Gasteiger partial charge in [0.25, 0.3) is 0 Å². The van der Waals surface area contributed by atoms with Gasteiger partial charge in [0.2, 0.25) is 0 Å². The van der Waals surface area contributed by atoms with E-state index in [1.54, 1.807) is 0 Å². The van der Waals surface area contributed by atoms with E-state index in [0.29, 0.717) is 12.1 Å². The van der Waals surface area contributed by atoms with Gasteiger partial charge in [-0.3, -0.25) is 0 Å². The van der Waals surface area contributed by atoms with Gasteiger partial charge < -0.3 is 15.4 Å². The molecule has 0 saturated carbocycles. The van der Waals surface area contributed by atoms with E-state index in [-0.39, 0.29) is 11.2 Å². The molecule has 2 N–H and O–H groups in total. The molecule has 1 aliphatic heterocycles. The normalized spacial score (nSPS) is 20.5. The molecule has 1 aromatic rings. The highest BCUT2D eigenvalue weighted by molar-refractivity contribution is 5.61. The quantitative estimate of drug-likeness (QED) is 0.899. The maximum absolute atomic E-state index is 9.38. The molecule has 108 valence electrons. The number of hydrogen-bond donors (Lipinski definition) is 1. The van der Waals surface area contributed by atoms with Crippen molar-refractivity contribution >= 4 is 5.69 Å². The van der Waals surface area contributed by atoms with Crippen molar-refractivity contribution in [1.82, 2.24) is 0 Å². The average Bonchev–Trinajstić information content (AvgIpc) is 2.34. The lowest BCUT2D eigenvalue weighted by molar-refractivity contribution is -0.133. The van der Waals surface area contributed by atoms with E-state index in [2.05, 4.69) is 38.7 Å². The van der Waals surface area contributed by atoms with Crippen LogP contribution in [0.3, 0.4) is 0 Å². The number of ether oxygens (including phenoxy) is 1. The number of rotatable bonds is 2. The van der Waals surface area contributed by atoms with Gasteiger partial charge in [0.1, 0.15) is 6.07 Å². The Morgan fingerprint density at radius 1 is 1.25 bits per heavy atom. The van der Waals surface area contributed by atoms with Crippen LogP contribution in [0.4, 0.5) is 5.69 Å². The van der Waals surface area contributed by atoms with Gasteiger partial charge in [-0.25, -0.2) is 0 Å². The third-order valence-electron chi connectivity index (χ3n) is 3.45. The molecule has 0 amide bonds. The maximum atomic E-state index is 9.38. The van der Waals surface area contributed by atoms with Crippen molar-refractivity contribution in [3.05, 3.63) is 29.3 Å². The van der Waals surface area contributed by atoms with Crippen molar-refractivity contribution in [1.29, 1.82) is 5.26 Å². The summed E-state index contributed by atoms with van der Waals surface area (Å²) in [6.07, 6.45) is 0. The minimum atomic E-state index is -0.235. The van der Waals surface area contributed by atoms with Gasteiger partial charge in [-0.1, -0.05) is 6.07 Å². The van der Waals surface area contributed by atoms with Crippen LogP contribution in [-0.4, -0.2) is 24.3 Å². The monoisotopic (exact) mass is 273 g/mol. The topological polar surface area (TPSA) is 62.3 Å². The third kappa shape index (κ3) is 3.12. The molecule has 0 aromatic heterocycles. The second kappa shape index (κ2) is 5.08. The summed E-state index contributed by atoms with van der Waals surface area (Å²) in [5.74, 6) is 0. The molecule has 2 rings (SSSR count). The minimum Gasteiger partial charge on any atom is -0.366 e. The molecule has 20 heavy (non-hydrogen) atoms. The second-order valence-electron chi connectivity index (χ2n) is 6.64. The van der Waals surface area contributed by atoms with Gasteiger partial charge in [-0.15, -0.1) is 0 Å². The first-order valence-electron chi connectivity index (χ1n) is 6.94. The van der Waals surface area contributed by atoms with E-state index in [1.807, 2.05) is 18.2 Å². The first kappa shape index (κ1) is 14.8. The molecule has 0 radical (unpaired) electrons. The molecule has 1 aliphatic rings. The Hall–Kier alpha value is -1.57. The summed E-state index contributed by atoms with van der Waals surface area (Å²) in [6.45, 7) is 10.3. The number of benzene rings is 1. The largest absolute Gasteiger partial charge is 0.366 e. The van der Waals surface area contributed by atoms with Crippen LogP contribution in [0.25, 0.3) is 0 Å². The van der Waals surface area contributed by atoms with Crippen LogP contribution in [-0.2, 0) is 11.3 Å². The number of nitriles is 1. The summed E-state index contributed by atoms with van der Waals surface area (Å²) in [4.78, 5) is 2.24. The molecule has 0 bridgehead atoms. The molecule has 4 heteroatoms. The lowest BCUT2D eigenvalue weighted by Crippen LogP contribution is -2.57. The van der Waals surface area contributed by atoms with E-state index in [0.717, 1.165) is 24.3 Å². The van der Waals surface area contributed by atoms with Gasteiger partial charge in [0.15, 0.2) is 0 Å². The highest BCUT2D eigenvalue weighted by Gasteiger charge is 2.38. The third-order valence-corrected chi connectivity index (χ3v) is 3.45. The van der Waals surface area contributed by atoms with Gasteiger partial charge >= 0.3 is 0 Å². The summed E-state index contributed by atoms with van der Waals surface area (Å²) in [5, 5.41) is 9.38. The molecule has 0 atom stereocenters. The van der Waals surface area contributed by atoms with Crippen LogP contribution in [0.5, 0.6) is 0 Å². The Morgan fingerprint density at radius 3 is 2.35 bits per heavy atom. The summed E-state index contributed by atoms with van der Waals surface area (Å²) < 4.78 is 6.09. The fourth-order valence-corrected chi connectivity index (χ4v) is 3.03. The number of anilines is 1. The van der Waals surface area contributed by atoms with Crippen molar-refractivity contribution < 1.29 is 4.74 Å². The van der Waals surface area contributed by atoms with Crippen LogP contribution < -0.4 is 10.6 Å². The number of nitrogens with zero attached hydrogens (tertiary/aromatic N) is 2. The highest BCUT2D eigenvalue weighted by Crippen LogP contribution is 2.33. The predicted octanol–water partition coefficient (Wildman–Crippen LogP) is 2.41.